The summed E-state index contributed by atoms with van der Waals surface area (Å²) in [4.78, 5) is 6.93. The molecule has 0 aromatic heterocycles. The Labute approximate surface area is 145 Å². The summed E-state index contributed by atoms with van der Waals surface area (Å²) in [6, 6.07) is 10.4. The quantitative estimate of drug-likeness (QED) is 0.467. The predicted octanol–water partition coefficient (Wildman–Crippen LogP) is 2.74. The lowest BCUT2D eigenvalue weighted by Crippen LogP contribution is -2.41. The van der Waals surface area contributed by atoms with Gasteiger partial charge in [0.2, 0.25) is 0 Å². The van der Waals surface area contributed by atoms with E-state index in [2.05, 4.69) is 48.5 Å². The van der Waals surface area contributed by atoms with Gasteiger partial charge in [-0.3, -0.25) is 0 Å². The van der Waals surface area contributed by atoms with Gasteiger partial charge in [0.1, 0.15) is 0 Å². The first-order valence-corrected chi connectivity index (χ1v) is 7.40. The normalized spacial score (nSPS) is 18.2. The minimum atomic E-state index is 0. The molecule has 1 aromatic carbocycles. The van der Waals surface area contributed by atoms with Crippen molar-refractivity contribution >= 4 is 29.9 Å². The molecule has 2 rings (SSSR count). The summed E-state index contributed by atoms with van der Waals surface area (Å²) >= 11 is 0. The average molecular weight is 403 g/mol. The maximum Gasteiger partial charge on any atom is 0.193 e. The molecule has 0 saturated carbocycles. The minimum Gasteiger partial charge on any atom is -0.381 e. The number of rotatable bonds is 5. The largest absolute Gasteiger partial charge is 0.381 e. The highest BCUT2D eigenvalue weighted by Crippen LogP contribution is 2.13. The van der Waals surface area contributed by atoms with Crippen molar-refractivity contribution in [2.24, 2.45) is 10.9 Å². The van der Waals surface area contributed by atoms with E-state index in [1.807, 2.05) is 6.07 Å². The summed E-state index contributed by atoms with van der Waals surface area (Å²) in [6.07, 6.45) is 1.16. The van der Waals surface area contributed by atoms with Gasteiger partial charge in [0.05, 0.1) is 13.2 Å². The summed E-state index contributed by atoms with van der Waals surface area (Å²) in [5.41, 5.74) is 1.24. The maximum absolute atomic E-state index is 5.44. The molecule has 1 atom stereocenters. The monoisotopic (exact) mass is 403 g/mol. The van der Waals surface area contributed by atoms with Crippen LogP contribution in [0.4, 0.5) is 0 Å². The third-order valence-electron chi connectivity index (χ3n) is 3.51. The fourth-order valence-electron chi connectivity index (χ4n) is 2.42. The fourth-order valence-corrected chi connectivity index (χ4v) is 2.42. The van der Waals surface area contributed by atoms with Crippen LogP contribution in [0.15, 0.2) is 35.3 Å². The van der Waals surface area contributed by atoms with Crippen molar-refractivity contribution in [1.29, 1.82) is 0 Å². The summed E-state index contributed by atoms with van der Waals surface area (Å²) in [6.45, 7) is 6.48. The Morgan fingerprint density at radius 3 is 2.76 bits per heavy atom. The Morgan fingerprint density at radius 2 is 2.14 bits per heavy atom. The number of aliphatic imine (C=N–C) groups is 1. The predicted molar refractivity (Wildman–Crippen MR) is 98.2 cm³/mol. The second-order valence-corrected chi connectivity index (χ2v) is 5.27. The average Bonchev–Trinajstić information content (AvgIpc) is 2.97. The molecule has 0 bridgehead atoms. The number of benzene rings is 1. The fraction of sp³-hybridized carbons (Fsp3) is 0.562. The van der Waals surface area contributed by atoms with Crippen LogP contribution in [-0.2, 0) is 11.3 Å². The lowest BCUT2D eigenvalue weighted by atomic mass is 10.1. The van der Waals surface area contributed by atoms with Gasteiger partial charge in [0, 0.05) is 32.7 Å². The lowest BCUT2D eigenvalue weighted by Gasteiger charge is -2.24. The molecule has 1 N–H and O–H groups in total. The van der Waals surface area contributed by atoms with Crippen molar-refractivity contribution in [2.75, 3.05) is 33.4 Å². The van der Waals surface area contributed by atoms with Gasteiger partial charge < -0.3 is 15.0 Å². The molecule has 0 aliphatic carbocycles. The van der Waals surface area contributed by atoms with Gasteiger partial charge >= 0.3 is 0 Å². The number of hydrogen-bond donors (Lipinski definition) is 1. The van der Waals surface area contributed by atoms with Gasteiger partial charge in [0.25, 0.3) is 0 Å². The van der Waals surface area contributed by atoms with Gasteiger partial charge in [0.15, 0.2) is 5.96 Å². The summed E-state index contributed by atoms with van der Waals surface area (Å²) in [7, 11) is 2.10. The number of hydrogen-bond acceptors (Lipinski definition) is 2. The van der Waals surface area contributed by atoms with Gasteiger partial charge in [-0.25, -0.2) is 4.99 Å². The SMILES string of the molecule is CCNC(=NCc1ccccc1)N(C)CC1CCOC1.I. The van der Waals surface area contributed by atoms with Crippen LogP contribution in [0.2, 0.25) is 0 Å². The van der Waals surface area contributed by atoms with Crippen LogP contribution in [0.25, 0.3) is 0 Å². The zero-order valence-corrected chi connectivity index (χ0v) is 15.2. The van der Waals surface area contributed by atoms with Crippen LogP contribution in [0.3, 0.4) is 0 Å². The lowest BCUT2D eigenvalue weighted by molar-refractivity contribution is 0.181. The van der Waals surface area contributed by atoms with Crippen molar-refractivity contribution in [3.63, 3.8) is 0 Å². The van der Waals surface area contributed by atoms with Crippen molar-refractivity contribution in [1.82, 2.24) is 10.2 Å². The van der Waals surface area contributed by atoms with Crippen molar-refractivity contribution in [2.45, 2.75) is 19.9 Å². The van der Waals surface area contributed by atoms with E-state index < -0.39 is 0 Å². The topological polar surface area (TPSA) is 36.9 Å². The molecule has 1 fully saturated rings. The maximum atomic E-state index is 5.44. The highest BCUT2D eigenvalue weighted by molar-refractivity contribution is 14.0. The minimum absolute atomic E-state index is 0. The second kappa shape index (κ2) is 10.00. The third kappa shape index (κ3) is 6.22. The van der Waals surface area contributed by atoms with E-state index in [0.29, 0.717) is 12.5 Å². The Balaban J connectivity index is 0.00000220. The van der Waals surface area contributed by atoms with Crippen molar-refractivity contribution in [3.05, 3.63) is 35.9 Å². The first kappa shape index (κ1) is 18.2. The van der Waals surface area contributed by atoms with Crippen LogP contribution < -0.4 is 5.32 Å². The van der Waals surface area contributed by atoms with Gasteiger partial charge in [-0.1, -0.05) is 30.3 Å². The molecular weight excluding hydrogens is 377 g/mol. The molecule has 0 amide bonds. The Kier molecular flexibility index (Phi) is 8.68. The van der Waals surface area contributed by atoms with Crippen LogP contribution >= 0.6 is 24.0 Å². The number of nitrogens with one attached hydrogen (secondary N) is 1. The Hall–Kier alpha value is -0.820. The number of ether oxygens (including phenoxy) is 1. The highest BCUT2D eigenvalue weighted by atomic mass is 127. The molecule has 1 aliphatic heterocycles. The van der Waals surface area contributed by atoms with E-state index in [-0.39, 0.29) is 24.0 Å². The molecule has 1 aromatic rings. The van der Waals surface area contributed by atoms with Crippen LogP contribution in [0.1, 0.15) is 18.9 Å². The molecule has 21 heavy (non-hydrogen) atoms. The zero-order chi connectivity index (χ0) is 14.2. The van der Waals surface area contributed by atoms with E-state index in [1.165, 1.54) is 5.56 Å². The summed E-state index contributed by atoms with van der Waals surface area (Å²) in [5, 5.41) is 3.36. The standard InChI is InChI=1S/C16H25N3O.HI/c1-3-17-16(18-11-14-7-5-4-6-8-14)19(2)12-15-9-10-20-13-15;/h4-8,15H,3,9-13H2,1-2H3,(H,17,18);1H. The molecule has 1 saturated heterocycles. The Bertz CT molecular complexity index is 419. The molecule has 4 nitrogen and oxygen atoms in total. The van der Waals surface area contributed by atoms with E-state index in [4.69, 9.17) is 9.73 Å². The number of nitrogens with zero attached hydrogens (tertiary/aromatic N) is 2. The second-order valence-electron chi connectivity index (χ2n) is 5.27. The van der Waals surface area contributed by atoms with Crippen molar-refractivity contribution in [3.8, 4) is 0 Å². The first-order valence-electron chi connectivity index (χ1n) is 7.40. The number of halogens is 1. The van der Waals surface area contributed by atoms with Gasteiger partial charge in [-0.05, 0) is 18.9 Å². The molecule has 0 spiro atoms. The molecule has 1 heterocycles. The van der Waals surface area contributed by atoms with E-state index in [9.17, 15) is 0 Å². The first-order chi connectivity index (χ1) is 9.79. The van der Waals surface area contributed by atoms with Crippen LogP contribution in [0.5, 0.6) is 0 Å². The molecule has 5 heteroatoms. The number of guanidine groups is 1. The summed E-state index contributed by atoms with van der Waals surface area (Å²) < 4.78 is 5.44. The molecule has 1 aliphatic rings. The van der Waals surface area contributed by atoms with E-state index in [1.54, 1.807) is 0 Å². The van der Waals surface area contributed by atoms with Gasteiger partial charge in [-0.15, -0.1) is 24.0 Å². The van der Waals surface area contributed by atoms with Crippen molar-refractivity contribution < 1.29 is 4.74 Å². The Morgan fingerprint density at radius 1 is 1.38 bits per heavy atom. The smallest absolute Gasteiger partial charge is 0.193 e. The van der Waals surface area contributed by atoms with Crippen LogP contribution in [-0.4, -0.2) is 44.2 Å². The molecule has 118 valence electrons. The zero-order valence-electron chi connectivity index (χ0n) is 12.9. The highest BCUT2D eigenvalue weighted by Gasteiger charge is 2.18. The molecular formula is C16H26IN3O. The van der Waals surface area contributed by atoms with E-state index >= 15 is 0 Å². The van der Waals surface area contributed by atoms with E-state index in [0.717, 1.165) is 38.7 Å². The van der Waals surface area contributed by atoms with Crippen LogP contribution in [0, 0.1) is 5.92 Å². The third-order valence-corrected chi connectivity index (χ3v) is 3.51. The van der Waals surface area contributed by atoms with Gasteiger partial charge in [-0.2, -0.15) is 0 Å². The molecule has 0 radical (unpaired) electrons. The summed E-state index contributed by atoms with van der Waals surface area (Å²) in [5.74, 6) is 1.60. The molecule has 1 unspecified atom stereocenters.